The second-order valence-corrected chi connectivity index (χ2v) is 5.92. The zero-order valence-electron chi connectivity index (χ0n) is 6.31. The third-order valence-electron chi connectivity index (χ3n) is 1.36. The van der Waals surface area contributed by atoms with Crippen LogP contribution in [0.15, 0.2) is 41.9 Å². The summed E-state index contributed by atoms with van der Waals surface area (Å²) < 4.78 is 2.63. The maximum atomic E-state index is 4.26. The van der Waals surface area contributed by atoms with Gasteiger partial charge in [-0.3, -0.25) is 0 Å². The van der Waals surface area contributed by atoms with Crippen molar-refractivity contribution >= 4 is 34.7 Å². The molecule has 0 saturated carbocycles. The predicted octanol–water partition coefficient (Wildman–Crippen LogP) is 0.798. The Balaban J connectivity index is 2.15. The first kappa shape index (κ1) is 7.99. The third kappa shape index (κ3) is 1.94. The Kier molecular flexibility index (Phi) is 2.57. The summed E-state index contributed by atoms with van der Waals surface area (Å²) in [6.07, 6.45) is 1.87. The molecule has 0 amide bonds. The number of aromatic nitrogens is 1. The summed E-state index contributed by atoms with van der Waals surface area (Å²) in [6, 6.07) is 10.5. The molecule has 0 radical (unpaired) electrons. The second kappa shape index (κ2) is 3.85. The SMILES string of the molecule is c1ccc([Se]c2nccs2)cc1. The van der Waals surface area contributed by atoms with E-state index in [1.165, 1.54) is 8.37 Å². The van der Waals surface area contributed by atoms with E-state index in [4.69, 9.17) is 0 Å². The third-order valence-corrected chi connectivity index (χ3v) is 4.61. The van der Waals surface area contributed by atoms with Crippen molar-refractivity contribution < 1.29 is 0 Å². The molecule has 0 aliphatic rings. The van der Waals surface area contributed by atoms with Gasteiger partial charge in [0.2, 0.25) is 0 Å². The van der Waals surface area contributed by atoms with Crippen molar-refractivity contribution in [3.63, 3.8) is 0 Å². The molecule has 1 nitrogen and oxygen atoms in total. The van der Waals surface area contributed by atoms with Gasteiger partial charge in [-0.2, -0.15) is 0 Å². The first-order valence-corrected chi connectivity index (χ1v) is 6.17. The van der Waals surface area contributed by atoms with Crippen LogP contribution in [0.4, 0.5) is 0 Å². The van der Waals surface area contributed by atoms with Crippen molar-refractivity contribution in [2.75, 3.05) is 0 Å². The van der Waals surface area contributed by atoms with Crippen molar-refractivity contribution in [3.05, 3.63) is 41.9 Å². The Bertz CT molecular complexity index is 331. The Hall–Kier alpha value is -0.631. The topological polar surface area (TPSA) is 12.9 Å². The first-order valence-electron chi connectivity index (χ1n) is 3.57. The van der Waals surface area contributed by atoms with E-state index in [0.717, 1.165) is 0 Å². The van der Waals surface area contributed by atoms with Gasteiger partial charge in [-0.25, -0.2) is 0 Å². The van der Waals surface area contributed by atoms with Gasteiger partial charge in [-0.1, -0.05) is 0 Å². The van der Waals surface area contributed by atoms with Crippen LogP contribution < -0.4 is 8.37 Å². The number of hydrogen-bond donors (Lipinski definition) is 0. The van der Waals surface area contributed by atoms with E-state index in [1.54, 1.807) is 11.3 Å². The number of thiazole rings is 1. The van der Waals surface area contributed by atoms with Gasteiger partial charge in [-0.15, -0.1) is 0 Å². The molecule has 0 bridgehead atoms. The molecule has 1 aromatic heterocycles. The first-order chi connectivity index (χ1) is 5.95. The standard InChI is InChI=1S/C9H7NSSe/c1-2-4-8(5-3-1)12-9-10-6-7-11-9/h1-7H. The van der Waals surface area contributed by atoms with Crippen molar-refractivity contribution in [1.82, 2.24) is 4.98 Å². The maximum absolute atomic E-state index is 4.26. The normalized spacial score (nSPS) is 10.0. The van der Waals surface area contributed by atoms with Gasteiger partial charge in [0.1, 0.15) is 0 Å². The molecule has 0 fully saturated rings. The van der Waals surface area contributed by atoms with Gasteiger partial charge in [0, 0.05) is 0 Å². The molecular weight excluding hydrogens is 233 g/mol. The van der Waals surface area contributed by atoms with Crippen molar-refractivity contribution in [1.29, 1.82) is 0 Å². The van der Waals surface area contributed by atoms with E-state index in [9.17, 15) is 0 Å². The molecular formula is C9H7NSSe. The molecule has 2 aromatic rings. The average Bonchev–Trinajstić information content (AvgIpc) is 2.59. The van der Waals surface area contributed by atoms with Crippen LogP contribution in [0.5, 0.6) is 0 Å². The van der Waals surface area contributed by atoms with Crippen LogP contribution >= 0.6 is 11.3 Å². The molecule has 2 rings (SSSR count). The second-order valence-electron chi connectivity index (χ2n) is 2.21. The van der Waals surface area contributed by atoms with E-state index in [2.05, 4.69) is 29.2 Å². The molecule has 0 N–H and O–H groups in total. The molecule has 0 saturated heterocycles. The van der Waals surface area contributed by atoms with E-state index in [0.29, 0.717) is 15.0 Å². The Morgan fingerprint density at radius 2 is 2.00 bits per heavy atom. The van der Waals surface area contributed by atoms with Gasteiger partial charge in [0.25, 0.3) is 0 Å². The van der Waals surface area contributed by atoms with Crippen molar-refractivity contribution in [3.8, 4) is 0 Å². The van der Waals surface area contributed by atoms with Gasteiger partial charge < -0.3 is 0 Å². The van der Waals surface area contributed by atoms with E-state index in [1.807, 2.05) is 17.6 Å². The summed E-state index contributed by atoms with van der Waals surface area (Å²) in [5.74, 6) is 0. The fourth-order valence-corrected chi connectivity index (χ4v) is 3.69. The minimum atomic E-state index is 0.398. The average molecular weight is 240 g/mol. The molecule has 0 aliphatic carbocycles. The van der Waals surface area contributed by atoms with Crippen LogP contribution in [-0.4, -0.2) is 19.9 Å². The molecule has 1 heterocycles. The van der Waals surface area contributed by atoms with Crippen LogP contribution in [-0.2, 0) is 0 Å². The van der Waals surface area contributed by atoms with Crippen molar-refractivity contribution in [2.24, 2.45) is 0 Å². The van der Waals surface area contributed by atoms with Gasteiger partial charge in [-0.05, 0) is 0 Å². The van der Waals surface area contributed by atoms with Crippen LogP contribution in [0.2, 0.25) is 0 Å². The number of rotatable bonds is 2. The fourth-order valence-electron chi connectivity index (χ4n) is 0.850. The quantitative estimate of drug-likeness (QED) is 0.707. The molecule has 0 unspecified atom stereocenters. The summed E-state index contributed by atoms with van der Waals surface area (Å²) >= 11 is 2.13. The summed E-state index contributed by atoms with van der Waals surface area (Å²) in [7, 11) is 0. The molecule has 60 valence electrons. The molecule has 0 atom stereocenters. The van der Waals surface area contributed by atoms with E-state index in [-0.39, 0.29) is 0 Å². The molecule has 3 heteroatoms. The van der Waals surface area contributed by atoms with Crippen molar-refractivity contribution in [2.45, 2.75) is 0 Å². The molecule has 12 heavy (non-hydrogen) atoms. The van der Waals surface area contributed by atoms with Crippen LogP contribution in [0.3, 0.4) is 0 Å². The Labute approximate surface area is 81.6 Å². The van der Waals surface area contributed by atoms with Crippen LogP contribution in [0.25, 0.3) is 0 Å². The van der Waals surface area contributed by atoms with Crippen LogP contribution in [0.1, 0.15) is 0 Å². The number of benzene rings is 1. The Morgan fingerprint density at radius 3 is 2.67 bits per heavy atom. The minimum absolute atomic E-state index is 0.398. The Morgan fingerprint density at radius 1 is 1.17 bits per heavy atom. The number of hydrogen-bond acceptors (Lipinski definition) is 2. The summed E-state index contributed by atoms with van der Waals surface area (Å²) in [4.78, 5) is 4.26. The van der Waals surface area contributed by atoms with Gasteiger partial charge in [0.05, 0.1) is 0 Å². The zero-order chi connectivity index (χ0) is 8.23. The molecule has 0 spiro atoms. The van der Waals surface area contributed by atoms with Crippen LogP contribution in [0, 0.1) is 0 Å². The fraction of sp³-hybridized carbons (Fsp3) is 0. The monoisotopic (exact) mass is 241 g/mol. The molecule has 0 aliphatic heterocycles. The van der Waals surface area contributed by atoms with E-state index < -0.39 is 0 Å². The predicted molar refractivity (Wildman–Crippen MR) is 53.6 cm³/mol. The van der Waals surface area contributed by atoms with Gasteiger partial charge >= 0.3 is 81.6 Å². The molecule has 1 aromatic carbocycles. The summed E-state index contributed by atoms with van der Waals surface area (Å²) in [6.45, 7) is 0. The zero-order valence-corrected chi connectivity index (χ0v) is 8.83. The van der Waals surface area contributed by atoms with Gasteiger partial charge in [0.15, 0.2) is 0 Å². The summed E-state index contributed by atoms with van der Waals surface area (Å²) in [5.41, 5.74) is 0. The summed E-state index contributed by atoms with van der Waals surface area (Å²) in [5, 5.41) is 2.03. The van der Waals surface area contributed by atoms with E-state index >= 15 is 0 Å². The number of nitrogens with zero attached hydrogens (tertiary/aromatic N) is 1.